The highest BCUT2D eigenvalue weighted by molar-refractivity contribution is 7.89. The highest BCUT2D eigenvalue weighted by Crippen LogP contribution is 2.25. The van der Waals surface area contributed by atoms with E-state index in [0.717, 1.165) is 4.31 Å². The molecule has 1 amide bonds. The maximum atomic E-state index is 12.3. The number of nitrogens with two attached hydrogens (primary N) is 1. The van der Waals surface area contributed by atoms with E-state index in [2.05, 4.69) is 4.98 Å². The normalized spacial score (nSPS) is 21.1. The van der Waals surface area contributed by atoms with E-state index in [1.54, 1.807) is 0 Å². The molecule has 6 nitrogen and oxygen atoms in total. The summed E-state index contributed by atoms with van der Waals surface area (Å²) in [5, 5.41) is 0.210. The molecule has 2 rings (SSSR count). The Balaban J connectivity index is 2.36. The van der Waals surface area contributed by atoms with E-state index in [-0.39, 0.29) is 10.0 Å². The van der Waals surface area contributed by atoms with Crippen molar-refractivity contribution in [2.45, 2.75) is 23.8 Å². The first kappa shape index (κ1) is 13.3. The van der Waals surface area contributed by atoms with Crippen LogP contribution >= 0.6 is 11.6 Å². The highest BCUT2D eigenvalue weighted by Gasteiger charge is 2.38. The van der Waals surface area contributed by atoms with E-state index >= 15 is 0 Å². The Morgan fingerprint density at radius 1 is 1.50 bits per heavy atom. The molecule has 18 heavy (non-hydrogen) atoms. The molecule has 1 saturated heterocycles. The molecule has 98 valence electrons. The molecule has 1 atom stereocenters. The number of sulfonamides is 1. The van der Waals surface area contributed by atoms with Crippen molar-refractivity contribution < 1.29 is 13.2 Å². The van der Waals surface area contributed by atoms with Crippen LogP contribution in [-0.4, -0.2) is 36.2 Å². The summed E-state index contributed by atoms with van der Waals surface area (Å²) < 4.78 is 25.7. The van der Waals surface area contributed by atoms with Crippen LogP contribution in [0.15, 0.2) is 23.2 Å². The van der Waals surface area contributed by atoms with Crippen LogP contribution < -0.4 is 5.73 Å². The Hall–Kier alpha value is -1.18. The van der Waals surface area contributed by atoms with Gasteiger partial charge in [-0.15, -0.1) is 0 Å². The molecule has 1 aromatic rings. The Bertz CT molecular complexity index is 558. The van der Waals surface area contributed by atoms with Gasteiger partial charge in [0.2, 0.25) is 15.9 Å². The lowest BCUT2D eigenvalue weighted by Gasteiger charge is -2.21. The summed E-state index contributed by atoms with van der Waals surface area (Å²) in [5.74, 6) is -0.627. The summed E-state index contributed by atoms with van der Waals surface area (Å²) in [5.41, 5.74) is 5.21. The lowest BCUT2D eigenvalue weighted by Crippen LogP contribution is -2.43. The van der Waals surface area contributed by atoms with Crippen molar-refractivity contribution >= 4 is 27.5 Å². The standard InChI is InChI=1S/C10H12ClN3O3S/c11-9-4-3-7(6-13-9)18(16,17)14-5-1-2-8(14)10(12)15/h3-4,6,8H,1-2,5H2,(H2,12,15)/t8-/m1/s1. The quantitative estimate of drug-likeness (QED) is 0.814. The molecule has 0 unspecified atom stereocenters. The third kappa shape index (κ3) is 2.33. The molecule has 0 bridgehead atoms. The van der Waals surface area contributed by atoms with Gasteiger partial charge in [0, 0.05) is 12.7 Å². The van der Waals surface area contributed by atoms with Crippen molar-refractivity contribution in [3.63, 3.8) is 0 Å². The van der Waals surface area contributed by atoms with Crippen molar-refractivity contribution in [2.75, 3.05) is 6.54 Å². The fourth-order valence-corrected chi connectivity index (χ4v) is 3.68. The summed E-state index contributed by atoms with van der Waals surface area (Å²) >= 11 is 5.61. The summed E-state index contributed by atoms with van der Waals surface area (Å²) in [7, 11) is -3.74. The Kier molecular flexibility index (Phi) is 3.56. The van der Waals surface area contributed by atoms with E-state index < -0.39 is 22.0 Å². The number of halogens is 1. The third-order valence-corrected chi connectivity index (χ3v) is 4.95. The molecule has 0 spiro atoms. The van der Waals surface area contributed by atoms with E-state index in [9.17, 15) is 13.2 Å². The molecule has 2 heterocycles. The number of carbonyl (C=O) groups excluding carboxylic acids is 1. The zero-order valence-electron chi connectivity index (χ0n) is 9.41. The van der Waals surface area contributed by atoms with Crippen LogP contribution in [0.3, 0.4) is 0 Å². The predicted molar refractivity (Wildman–Crippen MR) is 65.4 cm³/mol. The smallest absolute Gasteiger partial charge is 0.245 e. The number of aromatic nitrogens is 1. The van der Waals surface area contributed by atoms with Crippen molar-refractivity contribution in [1.82, 2.24) is 9.29 Å². The summed E-state index contributed by atoms with van der Waals surface area (Å²) in [6, 6.07) is 1.98. The van der Waals surface area contributed by atoms with Crippen molar-refractivity contribution in [3.8, 4) is 0 Å². The predicted octanol–water partition coefficient (Wildman–Crippen LogP) is 0.373. The molecular formula is C10H12ClN3O3S. The lowest BCUT2D eigenvalue weighted by atomic mass is 10.2. The van der Waals surface area contributed by atoms with Gasteiger partial charge in [-0.2, -0.15) is 4.31 Å². The molecule has 8 heteroatoms. The third-order valence-electron chi connectivity index (χ3n) is 2.84. The van der Waals surface area contributed by atoms with Crippen molar-refractivity contribution in [2.24, 2.45) is 5.73 Å². The van der Waals surface area contributed by atoms with Gasteiger partial charge >= 0.3 is 0 Å². The Morgan fingerprint density at radius 3 is 2.78 bits per heavy atom. The fraction of sp³-hybridized carbons (Fsp3) is 0.400. The van der Waals surface area contributed by atoms with Crippen LogP contribution in [0.25, 0.3) is 0 Å². The molecule has 1 aromatic heterocycles. The van der Waals surface area contributed by atoms with E-state index in [4.69, 9.17) is 17.3 Å². The lowest BCUT2D eigenvalue weighted by molar-refractivity contribution is -0.121. The van der Waals surface area contributed by atoms with Gasteiger partial charge in [-0.25, -0.2) is 13.4 Å². The van der Waals surface area contributed by atoms with Gasteiger partial charge in [0.05, 0.1) is 0 Å². The first-order chi connectivity index (χ1) is 8.43. The van der Waals surface area contributed by atoms with Gasteiger partial charge in [-0.1, -0.05) is 11.6 Å². The molecule has 0 aliphatic carbocycles. The van der Waals surface area contributed by atoms with Gasteiger partial charge in [0.15, 0.2) is 0 Å². The maximum absolute atomic E-state index is 12.3. The zero-order chi connectivity index (χ0) is 13.3. The molecule has 0 radical (unpaired) electrons. The average Bonchev–Trinajstić information content (AvgIpc) is 2.79. The number of pyridine rings is 1. The van der Waals surface area contributed by atoms with Gasteiger partial charge in [0.25, 0.3) is 0 Å². The first-order valence-corrected chi connectivity index (χ1v) is 7.17. The Morgan fingerprint density at radius 2 is 2.22 bits per heavy atom. The minimum atomic E-state index is -3.74. The van der Waals surface area contributed by atoms with Crippen LogP contribution in [0.1, 0.15) is 12.8 Å². The van der Waals surface area contributed by atoms with Crippen molar-refractivity contribution in [1.29, 1.82) is 0 Å². The molecule has 0 saturated carbocycles. The van der Waals surface area contributed by atoms with Crippen molar-refractivity contribution in [3.05, 3.63) is 23.5 Å². The summed E-state index contributed by atoms with van der Waals surface area (Å²) in [6.07, 6.45) is 2.25. The van der Waals surface area contributed by atoms with E-state index in [0.29, 0.717) is 19.4 Å². The topological polar surface area (TPSA) is 93.4 Å². The first-order valence-electron chi connectivity index (χ1n) is 5.35. The van der Waals surface area contributed by atoms with Crippen LogP contribution in [0, 0.1) is 0 Å². The zero-order valence-corrected chi connectivity index (χ0v) is 11.0. The van der Waals surface area contributed by atoms with Gasteiger partial charge in [-0.05, 0) is 25.0 Å². The van der Waals surface area contributed by atoms with Crippen LogP contribution in [-0.2, 0) is 14.8 Å². The minimum absolute atomic E-state index is 0.0139. The minimum Gasteiger partial charge on any atom is -0.368 e. The number of hydrogen-bond acceptors (Lipinski definition) is 4. The second kappa shape index (κ2) is 4.83. The molecule has 2 N–H and O–H groups in total. The van der Waals surface area contributed by atoms with Crippen LogP contribution in [0.5, 0.6) is 0 Å². The molecular weight excluding hydrogens is 278 g/mol. The molecule has 1 fully saturated rings. The summed E-state index contributed by atoms with van der Waals surface area (Å²) in [4.78, 5) is 15.0. The van der Waals surface area contributed by atoms with Crippen LogP contribution in [0.4, 0.5) is 0 Å². The van der Waals surface area contributed by atoms with Crippen LogP contribution in [0.2, 0.25) is 5.15 Å². The number of nitrogens with zero attached hydrogens (tertiary/aromatic N) is 2. The number of rotatable bonds is 3. The van der Waals surface area contributed by atoms with E-state index in [1.165, 1.54) is 18.3 Å². The maximum Gasteiger partial charge on any atom is 0.245 e. The highest BCUT2D eigenvalue weighted by atomic mass is 35.5. The number of primary amides is 1. The summed E-state index contributed by atoms with van der Waals surface area (Å²) in [6.45, 7) is 0.290. The van der Waals surface area contributed by atoms with E-state index in [1.807, 2.05) is 0 Å². The number of carbonyl (C=O) groups is 1. The largest absolute Gasteiger partial charge is 0.368 e. The monoisotopic (exact) mass is 289 g/mol. The second-order valence-electron chi connectivity index (χ2n) is 3.99. The van der Waals surface area contributed by atoms with Gasteiger partial charge in [-0.3, -0.25) is 4.79 Å². The van der Waals surface area contributed by atoms with Gasteiger partial charge in [0.1, 0.15) is 16.1 Å². The molecule has 0 aromatic carbocycles. The van der Waals surface area contributed by atoms with Gasteiger partial charge < -0.3 is 5.73 Å². The number of amides is 1. The molecule has 1 aliphatic rings. The molecule has 1 aliphatic heterocycles. The Labute approximate surface area is 110 Å². The second-order valence-corrected chi connectivity index (χ2v) is 6.27. The fourth-order valence-electron chi connectivity index (χ4n) is 1.96. The number of hydrogen-bond donors (Lipinski definition) is 1. The SMILES string of the molecule is NC(=O)[C@H]1CCCN1S(=O)(=O)c1ccc(Cl)nc1. The average molecular weight is 290 g/mol.